The van der Waals surface area contributed by atoms with E-state index in [2.05, 4.69) is 6.07 Å². The molecule has 0 unspecified atom stereocenters. The molecule has 3 rings (SSSR count). The van der Waals surface area contributed by atoms with Crippen molar-refractivity contribution in [3.63, 3.8) is 0 Å². The largest absolute Gasteiger partial charge is 0.397 e. The summed E-state index contributed by atoms with van der Waals surface area (Å²) >= 11 is 6.04. The molecule has 2 aromatic carbocycles. The lowest BCUT2D eigenvalue weighted by atomic mass is 10.1. The highest BCUT2D eigenvalue weighted by Crippen LogP contribution is 2.24. The van der Waals surface area contributed by atoms with Gasteiger partial charge < -0.3 is 10.3 Å². The molecular formula is C19H15ClFN3. The van der Waals surface area contributed by atoms with Gasteiger partial charge in [-0.3, -0.25) is 0 Å². The average molecular weight is 340 g/mol. The molecule has 0 radical (unpaired) electrons. The fourth-order valence-electron chi connectivity index (χ4n) is 2.69. The van der Waals surface area contributed by atoms with Gasteiger partial charge in [0.1, 0.15) is 17.6 Å². The van der Waals surface area contributed by atoms with E-state index in [9.17, 15) is 9.65 Å². The second-order valence-electron chi connectivity index (χ2n) is 5.56. The summed E-state index contributed by atoms with van der Waals surface area (Å²) in [5.74, 6) is -0.287. The Morgan fingerprint density at radius 3 is 2.50 bits per heavy atom. The molecule has 0 aliphatic heterocycles. The van der Waals surface area contributed by atoms with Crippen LogP contribution in [-0.2, 0) is 13.0 Å². The van der Waals surface area contributed by atoms with Gasteiger partial charge in [-0.25, -0.2) is 4.39 Å². The van der Waals surface area contributed by atoms with Crippen molar-refractivity contribution in [1.29, 1.82) is 5.26 Å². The first-order valence-electron chi connectivity index (χ1n) is 7.43. The molecule has 0 aliphatic rings. The molecule has 0 saturated carbocycles. The van der Waals surface area contributed by atoms with Crippen molar-refractivity contribution in [2.75, 3.05) is 5.73 Å². The van der Waals surface area contributed by atoms with Gasteiger partial charge in [0.2, 0.25) is 0 Å². The van der Waals surface area contributed by atoms with Gasteiger partial charge in [-0.1, -0.05) is 35.9 Å². The van der Waals surface area contributed by atoms with Crippen LogP contribution in [0, 0.1) is 17.1 Å². The van der Waals surface area contributed by atoms with E-state index in [1.807, 2.05) is 28.8 Å². The van der Waals surface area contributed by atoms with Crippen molar-refractivity contribution >= 4 is 17.3 Å². The quantitative estimate of drug-likeness (QED) is 0.767. The van der Waals surface area contributed by atoms with Crippen LogP contribution in [0.3, 0.4) is 0 Å². The van der Waals surface area contributed by atoms with Crippen LogP contribution in [0.25, 0.3) is 0 Å². The van der Waals surface area contributed by atoms with E-state index in [0.29, 0.717) is 29.4 Å². The molecule has 5 heteroatoms. The molecule has 0 bridgehead atoms. The van der Waals surface area contributed by atoms with Crippen molar-refractivity contribution in [3.05, 3.63) is 88.0 Å². The third-order valence-corrected chi connectivity index (χ3v) is 4.11. The molecule has 0 spiro atoms. The van der Waals surface area contributed by atoms with Gasteiger partial charge in [0.05, 0.1) is 5.69 Å². The Kier molecular flexibility index (Phi) is 4.54. The molecule has 3 aromatic rings. The minimum atomic E-state index is -0.287. The Bertz CT molecular complexity index is 907. The molecule has 0 fully saturated rings. The number of anilines is 1. The van der Waals surface area contributed by atoms with Crippen LogP contribution in [0.2, 0.25) is 5.02 Å². The van der Waals surface area contributed by atoms with Crippen molar-refractivity contribution in [1.82, 2.24) is 4.57 Å². The van der Waals surface area contributed by atoms with E-state index in [1.54, 1.807) is 18.2 Å². The van der Waals surface area contributed by atoms with Crippen LogP contribution in [-0.4, -0.2) is 4.57 Å². The third kappa shape index (κ3) is 3.42. The smallest absolute Gasteiger partial charge is 0.123 e. The number of rotatable bonds is 4. The minimum Gasteiger partial charge on any atom is -0.397 e. The molecule has 24 heavy (non-hydrogen) atoms. The number of benzene rings is 2. The van der Waals surface area contributed by atoms with Crippen LogP contribution in [0.4, 0.5) is 10.1 Å². The van der Waals surface area contributed by atoms with E-state index < -0.39 is 0 Å². The summed E-state index contributed by atoms with van der Waals surface area (Å²) in [7, 11) is 0. The number of nitrogens with zero attached hydrogens (tertiary/aromatic N) is 2. The molecule has 0 atom stereocenters. The number of aromatic nitrogens is 1. The molecule has 1 heterocycles. The maximum atomic E-state index is 13.1. The first kappa shape index (κ1) is 16.1. The molecule has 120 valence electrons. The maximum Gasteiger partial charge on any atom is 0.123 e. The average Bonchev–Trinajstić information content (AvgIpc) is 2.85. The van der Waals surface area contributed by atoms with Crippen LogP contribution < -0.4 is 5.73 Å². The SMILES string of the molecule is N#Cc1cc(N)c(Cc2cccc(Cl)c2)n1Cc1ccc(F)cc1. The van der Waals surface area contributed by atoms with Gasteiger partial charge in [0.15, 0.2) is 0 Å². The zero-order chi connectivity index (χ0) is 17.1. The molecular weight excluding hydrogens is 325 g/mol. The van der Waals surface area contributed by atoms with E-state index in [-0.39, 0.29) is 5.82 Å². The molecule has 1 aromatic heterocycles. The van der Waals surface area contributed by atoms with Gasteiger partial charge >= 0.3 is 0 Å². The van der Waals surface area contributed by atoms with Crippen molar-refractivity contribution in [3.8, 4) is 6.07 Å². The summed E-state index contributed by atoms with van der Waals surface area (Å²) in [5, 5.41) is 10.0. The maximum absolute atomic E-state index is 13.1. The van der Waals surface area contributed by atoms with E-state index in [1.165, 1.54) is 12.1 Å². The topological polar surface area (TPSA) is 54.7 Å². The number of halogens is 2. The first-order valence-corrected chi connectivity index (χ1v) is 7.81. The second kappa shape index (κ2) is 6.77. The van der Waals surface area contributed by atoms with Gasteiger partial charge in [-0.05, 0) is 41.5 Å². The fourth-order valence-corrected chi connectivity index (χ4v) is 2.91. The lowest BCUT2D eigenvalue weighted by Crippen LogP contribution is -2.08. The van der Waals surface area contributed by atoms with Crippen molar-refractivity contribution < 1.29 is 4.39 Å². The summed E-state index contributed by atoms with van der Waals surface area (Å²) in [5.41, 5.74) is 9.92. The summed E-state index contributed by atoms with van der Waals surface area (Å²) in [6.07, 6.45) is 0.565. The van der Waals surface area contributed by atoms with Gasteiger partial charge in [-0.15, -0.1) is 0 Å². The van der Waals surface area contributed by atoms with Crippen molar-refractivity contribution in [2.24, 2.45) is 0 Å². The highest BCUT2D eigenvalue weighted by Gasteiger charge is 2.14. The highest BCUT2D eigenvalue weighted by atomic mass is 35.5. The number of nitriles is 1. The first-order chi connectivity index (χ1) is 11.6. The Hall–Kier alpha value is -2.77. The zero-order valence-electron chi connectivity index (χ0n) is 12.8. The van der Waals surface area contributed by atoms with Crippen LogP contribution in [0.15, 0.2) is 54.6 Å². The second-order valence-corrected chi connectivity index (χ2v) is 6.00. The Morgan fingerprint density at radius 2 is 1.83 bits per heavy atom. The monoisotopic (exact) mass is 339 g/mol. The van der Waals surface area contributed by atoms with Crippen molar-refractivity contribution in [2.45, 2.75) is 13.0 Å². The molecule has 0 saturated heterocycles. The summed E-state index contributed by atoms with van der Waals surface area (Å²) in [4.78, 5) is 0. The lowest BCUT2D eigenvalue weighted by molar-refractivity contribution is 0.626. The van der Waals surface area contributed by atoms with Gasteiger partial charge in [0.25, 0.3) is 0 Å². The normalized spacial score (nSPS) is 10.5. The summed E-state index contributed by atoms with van der Waals surface area (Å²) < 4.78 is 15.0. The number of nitrogens with two attached hydrogens (primary N) is 1. The third-order valence-electron chi connectivity index (χ3n) is 3.87. The number of hydrogen-bond donors (Lipinski definition) is 1. The van der Waals surface area contributed by atoms with Crippen LogP contribution >= 0.6 is 11.6 Å². The molecule has 0 amide bonds. The van der Waals surface area contributed by atoms with Gasteiger partial charge in [0, 0.05) is 23.7 Å². The summed E-state index contributed by atoms with van der Waals surface area (Å²) in [6, 6.07) is 17.6. The van der Waals surface area contributed by atoms with Crippen LogP contribution in [0.1, 0.15) is 22.5 Å². The Morgan fingerprint density at radius 1 is 1.08 bits per heavy atom. The number of nitrogen functional groups attached to an aromatic ring is 1. The predicted octanol–water partition coefficient (Wildman–Crippen LogP) is 4.37. The summed E-state index contributed by atoms with van der Waals surface area (Å²) in [6.45, 7) is 0.455. The predicted molar refractivity (Wildman–Crippen MR) is 93.3 cm³/mol. The standard InChI is InChI=1S/C19H15ClFN3/c20-15-3-1-2-14(8-15)9-19-18(23)10-17(11-22)24(19)12-13-4-6-16(21)7-5-13/h1-8,10H,9,12,23H2. The molecule has 3 nitrogen and oxygen atoms in total. The van der Waals surface area contributed by atoms with Gasteiger partial charge in [-0.2, -0.15) is 5.26 Å². The Labute approximate surface area is 144 Å². The Balaban J connectivity index is 1.98. The molecule has 2 N–H and O–H groups in total. The van der Waals surface area contributed by atoms with Crippen LogP contribution in [0.5, 0.6) is 0 Å². The van der Waals surface area contributed by atoms with E-state index in [0.717, 1.165) is 16.8 Å². The highest BCUT2D eigenvalue weighted by molar-refractivity contribution is 6.30. The lowest BCUT2D eigenvalue weighted by Gasteiger charge is -2.12. The zero-order valence-corrected chi connectivity index (χ0v) is 13.6. The van der Waals surface area contributed by atoms with E-state index >= 15 is 0 Å². The molecule has 0 aliphatic carbocycles. The fraction of sp³-hybridized carbons (Fsp3) is 0.105. The van der Waals surface area contributed by atoms with E-state index in [4.69, 9.17) is 17.3 Å². The minimum absolute atomic E-state index is 0.287. The number of hydrogen-bond acceptors (Lipinski definition) is 2.